The molecule has 0 aromatic rings. The molecule has 0 fully saturated rings. The molecule has 0 amide bonds. The highest BCUT2D eigenvalue weighted by molar-refractivity contribution is 6.07. The Bertz CT molecular complexity index is 293. The van der Waals surface area contributed by atoms with Crippen molar-refractivity contribution >= 4 is 11.9 Å². The number of esters is 2. The third-order valence-corrected chi connectivity index (χ3v) is 1.17. The number of hydrogen-bond donors (Lipinski definition) is 0. The second-order valence-electron chi connectivity index (χ2n) is 2.12. The third-order valence-electron chi connectivity index (χ3n) is 1.17. The Labute approximate surface area is 72.1 Å². The number of nitro groups is 1. The van der Waals surface area contributed by atoms with E-state index in [1.54, 1.807) is 0 Å². The first-order chi connectivity index (χ1) is 6.09. The summed E-state index contributed by atoms with van der Waals surface area (Å²) in [5, 5.41) is 9.84. The van der Waals surface area contributed by atoms with Gasteiger partial charge in [0.25, 0.3) is 0 Å². The van der Waals surface area contributed by atoms with Crippen molar-refractivity contribution in [2.45, 2.75) is 0 Å². The van der Waals surface area contributed by atoms with Crippen molar-refractivity contribution in [2.75, 3.05) is 13.2 Å². The van der Waals surface area contributed by atoms with Gasteiger partial charge < -0.3 is 9.47 Å². The Morgan fingerprint density at radius 2 is 2.23 bits per heavy atom. The minimum atomic E-state index is -0.909. The molecule has 0 unspecified atom stereocenters. The molecule has 0 saturated heterocycles. The summed E-state index contributed by atoms with van der Waals surface area (Å²) in [6.07, 6.45) is 0.849. The van der Waals surface area contributed by atoms with E-state index in [1.807, 2.05) is 0 Å². The van der Waals surface area contributed by atoms with Gasteiger partial charge in [0.2, 0.25) is 12.3 Å². The number of ether oxygens (including phenoxy) is 2. The Morgan fingerprint density at radius 1 is 1.54 bits per heavy atom. The summed E-state index contributed by atoms with van der Waals surface area (Å²) in [6.45, 7) is -0.694. The van der Waals surface area contributed by atoms with E-state index >= 15 is 0 Å². The molecule has 0 aromatic carbocycles. The van der Waals surface area contributed by atoms with E-state index in [4.69, 9.17) is 0 Å². The predicted octanol–water partition coefficient (Wildman–Crippen LogP) is -0.753. The first kappa shape index (κ1) is 9.17. The molecular weight excluding hydrogens is 182 g/mol. The van der Waals surface area contributed by atoms with Crippen LogP contribution < -0.4 is 0 Å². The molecule has 13 heavy (non-hydrogen) atoms. The van der Waals surface area contributed by atoms with E-state index in [0.29, 0.717) is 0 Å². The van der Waals surface area contributed by atoms with Crippen LogP contribution in [0.1, 0.15) is 0 Å². The Hall–Kier alpha value is -1.92. The molecule has 1 aliphatic heterocycles. The highest BCUT2D eigenvalue weighted by Gasteiger charge is 2.25. The molecule has 0 saturated carbocycles. The molecule has 1 rings (SSSR count). The summed E-state index contributed by atoms with van der Waals surface area (Å²) in [5.74, 6) is -2.01. The van der Waals surface area contributed by atoms with Crippen LogP contribution in [0.5, 0.6) is 0 Å². The number of carbonyl (C=O) groups excluding carboxylic acids is 2. The summed E-state index contributed by atoms with van der Waals surface area (Å²) in [4.78, 5) is 30.3. The van der Waals surface area contributed by atoms with E-state index in [1.165, 1.54) is 0 Å². The van der Waals surface area contributed by atoms with Gasteiger partial charge in [-0.2, -0.15) is 0 Å². The van der Waals surface area contributed by atoms with Gasteiger partial charge in [-0.15, -0.1) is 0 Å². The topological polar surface area (TPSA) is 95.7 Å². The van der Waals surface area contributed by atoms with Crippen LogP contribution in [0.25, 0.3) is 0 Å². The van der Waals surface area contributed by atoms with Crippen LogP contribution in [0.3, 0.4) is 0 Å². The molecule has 0 N–H and O–H groups in total. The van der Waals surface area contributed by atoms with E-state index in [9.17, 15) is 19.7 Å². The van der Waals surface area contributed by atoms with Crippen LogP contribution in [0.15, 0.2) is 11.8 Å². The summed E-state index contributed by atoms with van der Waals surface area (Å²) in [5.41, 5.74) is 0. The number of carbonyl (C=O) groups is 2. The van der Waals surface area contributed by atoms with Crippen LogP contribution in [-0.2, 0) is 19.1 Å². The SMILES string of the molecule is O=C1C=C(OCC[N+](=O)[O-])C(=O)O1. The van der Waals surface area contributed by atoms with Crippen molar-refractivity contribution in [3.63, 3.8) is 0 Å². The van der Waals surface area contributed by atoms with Gasteiger partial charge in [-0.25, -0.2) is 9.59 Å². The second kappa shape index (κ2) is 3.65. The molecule has 70 valence electrons. The average molecular weight is 187 g/mol. The van der Waals surface area contributed by atoms with Gasteiger partial charge in [0.15, 0.2) is 6.61 Å². The number of rotatable bonds is 4. The lowest BCUT2D eigenvalue weighted by molar-refractivity contribution is -0.482. The highest BCUT2D eigenvalue weighted by Crippen LogP contribution is 2.08. The summed E-state index contributed by atoms with van der Waals surface area (Å²) in [7, 11) is 0. The maximum absolute atomic E-state index is 10.7. The average Bonchev–Trinajstić information content (AvgIpc) is 2.29. The first-order valence-corrected chi connectivity index (χ1v) is 3.32. The Morgan fingerprint density at radius 3 is 2.69 bits per heavy atom. The zero-order valence-corrected chi connectivity index (χ0v) is 6.39. The zero-order valence-electron chi connectivity index (χ0n) is 6.39. The van der Waals surface area contributed by atoms with E-state index in [-0.39, 0.29) is 12.4 Å². The Balaban J connectivity index is 2.37. The van der Waals surface area contributed by atoms with Crippen molar-refractivity contribution in [2.24, 2.45) is 0 Å². The van der Waals surface area contributed by atoms with Gasteiger partial charge in [0.05, 0.1) is 6.08 Å². The fourth-order valence-electron chi connectivity index (χ4n) is 0.668. The number of hydrogen-bond acceptors (Lipinski definition) is 6. The van der Waals surface area contributed by atoms with Crippen LogP contribution in [0, 0.1) is 10.1 Å². The van der Waals surface area contributed by atoms with E-state index < -0.39 is 23.4 Å². The third kappa shape index (κ3) is 2.55. The van der Waals surface area contributed by atoms with Crippen LogP contribution >= 0.6 is 0 Å². The molecule has 0 atom stereocenters. The Kier molecular flexibility index (Phi) is 2.58. The quantitative estimate of drug-likeness (QED) is 0.248. The first-order valence-electron chi connectivity index (χ1n) is 3.32. The van der Waals surface area contributed by atoms with Crippen molar-refractivity contribution in [3.05, 3.63) is 21.9 Å². The molecular formula is C6H5NO6. The summed E-state index contributed by atoms with van der Waals surface area (Å²) >= 11 is 0. The molecule has 0 aliphatic carbocycles. The van der Waals surface area contributed by atoms with Crippen molar-refractivity contribution in [1.82, 2.24) is 0 Å². The fraction of sp³-hybridized carbons (Fsp3) is 0.333. The summed E-state index contributed by atoms with van der Waals surface area (Å²) in [6, 6.07) is 0. The molecule has 1 heterocycles. The molecule has 0 spiro atoms. The zero-order chi connectivity index (χ0) is 9.84. The molecule has 7 nitrogen and oxygen atoms in total. The van der Waals surface area contributed by atoms with Gasteiger partial charge in [0.1, 0.15) is 0 Å². The highest BCUT2D eigenvalue weighted by atomic mass is 16.6. The molecule has 7 heteroatoms. The van der Waals surface area contributed by atoms with Gasteiger partial charge in [-0.05, 0) is 0 Å². The van der Waals surface area contributed by atoms with Crippen molar-refractivity contribution < 1.29 is 24.0 Å². The number of nitrogens with zero attached hydrogens (tertiary/aromatic N) is 1. The lowest BCUT2D eigenvalue weighted by atomic mass is 10.5. The summed E-state index contributed by atoms with van der Waals surface area (Å²) < 4.78 is 8.69. The standard InChI is InChI=1S/C6H5NO6/c8-5-3-4(6(9)13-5)12-2-1-7(10)11/h3H,1-2H2. The molecule has 0 bridgehead atoms. The van der Waals surface area contributed by atoms with E-state index in [2.05, 4.69) is 9.47 Å². The monoisotopic (exact) mass is 187 g/mol. The normalized spacial score (nSPS) is 15.2. The van der Waals surface area contributed by atoms with E-state index in [0.717, 1.165) is 6.08 Å². The van der Waals surface area contributed by atoms with Gasteiger partial charge >= 0.3 is 11.9 Å². The molecule has 1 aliphatic rings. The van der Waals surface area contributed by atoms with Gasteiger partial charge in [-0.3, -0.25) is 10.1 Å². The van der Waals surface area contributed by atoms with Gasteiger partial charge in [-0.1, -0.05) is 0 Å². The second-order valence-corrected chi connectivity index (χ2v) is 2.12. The molecule has 0 radical (unpaired) electrons. The van der Waals surface area contributed by atoms with Crippen molar-refractivity contribution in [3.8, 4) is 0 Å². The van der Waals surface area contributed by atoms with Crippen LogP contribution in [0.2, 0.25) is 0 Å². The maximum atomic E-state index is 10.7. The van der Waals surface area contributed by atoms with Crippen molar-refractivity contribution in [1.29, 1.82) is 0 Å². The minimum absolute atomic E-state index is 0.263. The van der Waals surface area contributed by atoms with Gasteiger partial charge in [0, 0.05) is 4.92 Å². The van der Waals surface area contributed by atoms with Crippen LogP contribution in [-0.4, -0.2) is 30.0 Å². The number of cyclic esters (lactones) is 2. The smallest absolute Gasteiger partial charge is 0.381 e. The maximum Gasteiger partial charge on any atom is 0.381 e. The minimum Gasteiger partial charge on any atom is -0.479 e. The lowest BCUT2D eigenvalue weighted by Gasteiger charge is -1.99. The fourth-order valence-corrected chi connectivity index (χ4v) is 0.668. The lowest BCUT2D eigenvalue weighted by Crippen LogP contribution is -2.11. The van der Waals surface area contributed by atoms with Crippen LogP contribution in [0.4, 0.5) is 0 Å². The largest absolute Gasteiger partial charge is 0.479 e. The molecule has 0 aromatic heterocycles. The predicted molar refractivity (Wildman–Crippen MR) is 37.0 cm³/mol.